The van der Waals surface area contributed by atoms with Gasteiger partial charge in [0.1, 0.15) is 11.7 Å². The zero-order chi connectivity index (χ0) is 17.1. The van der Waals surface area contributed by atoms with Crippen LogP contribution in [0.2, 0.25) is 0 Å². The van der Waals surface area contributed by atoms with Gasteiger partial charge in [-0.1, -0.05) is 38.0 Å². The normalized spacial score (nSPS) is 16.3. The summed E-state index contributed by atoms with van der Waals surface area (Å²) in [5.41, 5.74) is 1.22. The molecule has 0 saturated carbocycles. The van der Waals surface area contributed by atoms with E-state index in [4.69, 9.17) is 0 Å². The van der Waals surface area contributed by atoms with Crippen molar-refractivity contribution < 1.29 is 20.2 Å². The molecule has 1 aliphatic rings. The van der Waals surface area contributed by atoms with Crippen LogP contribution in [0.25, 0.3) is 0 Å². The number of aromatic hydroxyl groups is 1. The Morgan fingerprint density at radius 3 is 1.88 bits per heavy atom. The van der Waals surface area contributed by atoms with Crippen LogP contribution in [0.3, 0.4) is 0 Å². The van der Waals surface area contributed by atoms with Crippen LogP contribution in [0.1, 0.15) is 26.2 Å². The van der Waals surface area contributed by atoms with Crippen molar-refractivity contribution in [1.29, 1.82) is 0 Å². The second kappa shape index (κ2) is 9.73. The van der Waals surface area contributed by atoms with Gasteiger partial charge in [-0.15, -0.1) is 0 Å². The fourth-order valence-corrected chi connectivity index (χ4v) is 2.90. The van der Waals surface area contributed by atoms with Gasteiger partial charge in [-0.3, -0.25) is 9.59 Å². The predicted octanol–water partition coefficient (Wildman–Crippen LogP) is 2.02. The number of rotatable bonds is 5. The van der Waals surface area contributed by atoms with Crippen LogP contribution < -0.4 is 10.0 Å². The summed E-state index contributed by atoms with van der Waals surface area (Å²) in [7, 11) is 0. The summed E-state index contributed by atoms with van der Waals surface area (Å²) >= 11 is 0. The second-order valence-corrected chi connectivity index (χ2v) is 5.85. The van der Waals surface area contributed by atoms with Crippen molar-refractivity contribution >= 4 is 52.7 Å². The van der Waals surface area contributed by atoms with Crippen molar-refractivity contribution in [1.82, 2.24) is 0 Å². The topological polar surface area (TPSA) is 92.3 Å². The Morgan fingerprint density at radius 1 is 0.885 bits per heavy atom. The molecule has 0 aromatic heterocycles. The fourth-order valence-electron chi connectivity index (χ4n) is 2.90. The van der Waals surface area contributed by atoms with Crippen LogP contribution in [0.5, 0.6) is 5.75 Å². The van der Waals surface area contributed by atoms with E-state index in [-0.39, 0.29) is 52.6 Å². The molecule has 2 aromatic carbocycles. The Hall–Kier alpha value is -1.86. The Bertz CT molecular complexity index is 737. The first-order valence-electron chi connectivity index (χ1n) is 8.15. The fraction of sp³-hybridized carbons (Fsp3) is 0.263. The molecule has 1 aliphatic heterocycles. The van der Waals surface area contributed by atoms with Crippen LogP contribution in [0.15, 0.2) is 54.6 Å². The third-order valence-corrected chi connectivity index (χ3v) is 4.16. The molecule has 6 nitrogen and oxygen atoms in total. The SMILES string of the molecule is CCCCC1C(=O)N(c2ccccc2)N(c2ccc(O)cc2)C1=O.O.[NaH]. The molecule has 3 rings (SSSR count). The summed E-state index contributed by atoms with van der Waals surface area (Å²) in [6, 6.07) is 15.4. The second-order valence-electron chi connectivity index (χ2n) is 5.85. The number of nitrogens with zero attached hydrogens (tertiary/aromatic N) is 2. The monoisotopic (exact) mass is 366 g/mol. The Morgan fingerprint density at radius 2 is 1.38 bits per heavy atom. The first-order chi connectivity index (χ1) is 11.6. The number of carbonyl (C=O) groups excluding carboxylic acids is 2. The van der Waals surface area contributed by atoms with Crippen molar-refractivity contribution in [2.24, 2.45) is 5.92 Å². The molecule has 1 heterocycles. The molecule has 0 radical (unpaired) electrons. The van der Waals surface area contributed by atoms with Gasteiger partial charge in [0.05, 0.1) is 11.4 Å². The summed E-state index contributed by atoms with van der Waals surface area (Å²) in [5.74, 6) is -0.958. The van der Waals surface area contributed by atoms with Crippen LogP contribution >= 0.6 is 0 Å². The van der Waals surface area contributed by atoms with Crippen molar-refractivity contribution in [3.63, 3.8) is 0 Å². The first kappa shape index (κ1) is 22.2. The average molecular weight is 366 g/mol. The number of unbranched alkanes of at least 4 members (excludes halogenated alkanes) is 1. The Balaban J connectivity index is 0.00000169. The molecule has 1 saturated heterocycles. The third kappa shape index (κ3) is 4.27. The molecule has 2 amide bonds. The standard InChI is InChI=1S/C19H20N2O3.Na.H2O.H/c1-2-3-9-17-18(23)20(14-7-5-4-6-8-14)21(19(17)24)15-10-12-16(22)13-11-15;;;/h4-8,10-13,17,22H,2-3,9H2,1H3;;1H2;. The molecule has 134 valence electrons. The molecule has 2 aromatic rings. The van der Waals surface area contributed by atoms with Gasteiger partial charge in [0.2, 0.25) is 0 Å². The Labute approximate surface area is 175 Å². The number of anilines is 2. The summed E-state index contributed by atoms with van der Waals surface area (Å²) in [6.45, 7) is 2.04. The third-order valence-electron chi connectivity index (χ3n) is 4.16. The molecule has 3 N–H and O–H groups in total. The number of para-hydroxylation sites is 1. The van der Waals surface area contributed by atoms with Gasteiger partial charge in [0.25, 0.3) is 11.8 Å². The van der Waals surface area contributed by atoms with Gasteiger partial charge < -0.3 is 10.6 Å². The van der Waals surface area contributed by atoms with E-state index in [2.05, 4.69) is 0 Å². The van der Waals surface area contributed by atoms with Crippen molar-refractivity contribution in [2.45, 2.75) is 26.2 Å². The van der Waals surface area contributed by atoms with Crippen LogP contribution in [0.4, 0.5) is 11.4 Å². The van der Waals surface area contributed by atoms with Gasteiger partial charge in [-0.05, 0) is 42.8 Å². The Kier molecular flexibility index (Phi) is 8.30. The molecular weight excluding hydrogens is 343 g/mol. The van der Waals surface area contributed by atoms with E-state index in [0.717, 1.165) is 12.8 Å². The van der Waals surface area contributed by atoms with E-state index >= 15 is 0 Å². The van der Waals surface area contributed by atoms with Crippen LogP contribution in [0, 0.1) is 5.92 Å². The van der Waals surface area contributed by atoms with E-state index in [1.54, 1.807) is 24.3 Å². The van der Waals surface area contributed by atoms with Crippen molar-refractivity contribution in [3.05, 3.63) is 54.6 Å². The number of phenols is 1. The maximum absolute atomic E-state index is 12.9. The minimum atomic E-state index is -0.654. The van der Waals surface area contributed by atoms with E-state index in [9.17, 15) is 14.7 Å². The molecule has 1 atom stereocenters. The van der Waals surface area contributed by atoms with E-state index in [1.165, 1.54) is 22.2 Å². The number of phenolic OH excluding ortho intramolecular Hbond substituents is 1. The van der Waals surface area contributed by atoms with Gasteiger partial charge in [0.15, 0.2) is 0 Å². The van der Waals surface area contributed by atoms with Gasteiger partial charge in [-0.25, -0.2) is 10.0 Å². The molecule has 1 unspecified atom stereocenters. The average Bonchev–Trinajstić information content (AvgIpc) is 2.85. The van der Waals surface area contributed by atoms with Crippen LogP contribution in [-0.4, -0.2) is 52.0 Å². The molecule has 0 aliphatic carbocycles. The quantitative estimate of drug-likeness (QED) is 0.648. The first-order valence-corrected chi connectivity index (χ1v) is 8.15. The number of hydrazine groups is 1. The summed E-state index contributed by atoms with van der Waals surface area (Å²) in [5, 5.41) is 12.3. The molecule has 7 heteroatoms. The van der Waals surface area contributed by atoms with Crippen molar-refractivity contribution in [2.75, 3.05) is 10.0 Å². The zero-order valence-corrected chi connectivity index (χ0v) is 14.1. The molecule has 26 heavy (non-hydrogen) atoms. The van der Waals surface area contributed by atoms with E-state index in [1.807, 2.05) is 25.1 Å². The summed E-state index contributed by atoms with van der Waals surface area (Å²) < 4.78 is 0. The molecule has 0 bridgehead atoms. The van der Waals surface area contributed by atoms with E-state index < -0.39 is 5.92 Å². The number of amides is 2. The minimum absolute atomic E-state index is 0. The molecular formula is C19H23N2NaO4. The summed E-state index contributed by atoms with van der Waals surface area (Å²) in [6.07, 6.45) is 2.31. The number of hydrogen-bond acceptors (Lipinski definition) is 3. The van der Waals surface area contributed by atoms with Gasteiger partial charge >= 0.3 is 29.6 Å². The molecule has 1 fully saturated rings. The molecule has 0 spiro atoms. The predicted molar refractivity (Wildman–Crippen MR) is 103 cm³/mol. The number of benzene rings is 2. The maximum atomic E-state index is 12.9. The van der Waals surface area contributed by atoms with Crippen LogP contribution in [-0.2, 0) is 9.59 Å². The zero-order valence-electron chi connectivity index (χ0n) is 14.1. The van der Waals surface area contributed by atoms with Crippen molar-refractivity contribution in [3.8, 4) is 5.75 Å². The van der Waals surface area contributed by atoms with E-state index in [0.29, 0.717) is 17.8 Å². The number of carbonyl (C=O) groups is 2. The van der Waals surface area contributed by atoms with Gasteiger partial charge in [0, 0.05) is 0 Å². The summed E-state index contributed by atoms with van der Waals surface area (Å²) in [4.78, 5) is 25.8. The van der Waals surface area contributed by atoms with Gasteiger partial charge in [-0.2, -0.15) is 0 Å². The number of hydrogen-bond donors (Lipinski definition) is 1.